The molecular weight excluding hydrogens is 316 g/mol. The number of rotatable bonds is 7. The van der Waals surface area contributed by atoms with Gasteiger partial charge in [-0.2, -0.15) is 0 Å². The quantitative estimate of drug-likeness (QED) is 0.585. The zero-order valence-electron chi connectivity index (χ0n) is 11.2. The highest BCUT2D eigenvalue weighted by molar-refractivity contribution is 7.91. The number of hydrogen-bond donors (Lipinski definition) is 1. The number of esters is 1. The summed E-state index contributed by atoms with van der Waals surface area (Å²) in [6.45, 7) is 0.897. The lowest BCUT2D eigenvalue weighted by Gasteiger charge is -2.06. The molecule has 2 aromatic rings. The summed E-state index contributed by atoms with van der Waals surface area (Å²) in [6, 6.07) is 0. The molecule has 21 heavy (non-hydrogen) atoms. The summed E-state index contributed by atoms with van der Waals surface area (Å²) in [5.41, 5.74) is 1.11. The van der Waals surface area contributed by atoms with E-state index in [1.165, 1.54) is 12.6 Å². The monoisotopic (exact) mass is 330 g/mol. The molecule has 0 fully saturated rings. The molecule has 0 bridgehead atoms. The first kappa shape index (κ1) is 15.6. The topological polar surface area (TPSA) is 103 Å². The zero-order chi connectivity index (χ0) is 15.3. The number of aromatic nitrogens is 3. The van der Waals surface area contributed by atoms with Crippen LogP contribution in [0.5, 0.6) is 0 Å². The summed E-state index contributed by atoms with van der Waals surface area (Å²) in [5.74, 6) is -0.768. The molecule has 2 heterocycles. The van der Waals surface area contributed by atoms with Gasteiger partial charge in [-0.05, 0) is 6.42 Å². The normalized spacial score (nSPS) is 11.5. The molecule has 0 saturated carbocycles. The Labute approximate surface area is 125 Å². The molecule has 114 valence electrons. The average Bonchev–Trinajstić information content (AvgIpc) is 3.13. The number of nitrogens with zero attached hydrogens (tertiary/aromatic N) is 3. The van der Waals surface area contributed by atoms with E-state index in [-0.39, 0.29) is 16.4 Å². The molecule has 0 radical (unpaired) electrons. The van der Waals surface area contributed by atoms with Gasteiger partial charge in [-0.3, -0.25) is 0 Å². The molecular formula is C11H14N4O4S2. The fourth-order valence-electron chi connectivity index (χ4n) is 1.61. The van der Waals surface area contributed by atoms with Gasteiger partial charge in [0.1, 0.15) is 0 Å². The summed E-state index contributed by atoms with van der Waals surface area (Å²) < 4.78 is 32.9. The summed E-state index contributed by atoms with van der Waals surface area (Å²) in [7, 11) is -2.59. The van der Waals surface area contributed by atoms with Crippen LogP contribution in [0.4, 0.5) is 0 Å². The Hall–Kier alpha value is -1.78. The number of thiazole rings is 1. The van der Waals surface area contributed by atoms with Crippen LogP contribution in [0.3, 0.4) is 0 Å². The van der Waals surface area contributed by atoms with Gasteiger partial charge >= 0.3 is 5.97 Å². The lowest BCUT2D eigenvalue weighted by atomic mass is 10.4. The molecule has 0 aromatic carbocycles. The number of sulfonamides is 1. The predicted octanol–water partition coefficient (Wildman–Crippen LogP) is 0.495. The predicted molar refractivity (Wildman–Crippen MR) is 75.5 cm³/mol. The molecule has 0 saturated heterocycles. The number of aryl methyl sites for hydroxylation is 1. The number of carbonyl (C=O) groups excluding carboxylic acids is 1. The zero-order valence-corrected chi connectivity index (χ0v) is 12.9. The molecule has 1 N–H and O–H groups in total. The second-order valence-electron chi connectivity index (χ2n) is 4.03. The molecule has 8 nitrogen and oxygen atoms in total. The minimum atomic E-state index is -3.76. The molecule has 0 amide bonds. The average molecular weight is 330 g/mol. The summed E-state index contributed by atoms with van der Waals surface area (Å²) in [6.07, 6.45) is 5.71. The number of nitrogens with one attached hydrogen (secondary N) is 1. The van der Waals surface area contributed by atoms with Crippen molar-refractivity contribution >= 4 is 27.3 Å². The summed E-state index contributed by atoms with van der Waals surface area (Å²) in [4.78, 5) is 19.1. The van der Waals surface area contributed by atoms with E-state index in [2.05, 4.69) is 19.4 Å². The molecule has 0 atom stereocenters. The standard InChI is InChI=1S/C11H14N4O4S2/c1-19-10(16)9-11(20-8-13-9)21(17,18)14-3-2-5-15-6-4-12-7-15/h4,6-8,14H,2-3,5H2,1H3. The highest BCUT2D eigenvalue weighted by atomic mass is 32.2. The van der Waals surface area contributed by atoms with Crippen LogP contribution in [0.1, 0.15) is 16.9 Å². The third-order valence-corrected chi connectivity index (χ3v) is 5.43. The van der Waals surface area contributed by atoms with Gasteiger partial charge in [0, 0.05) is 25.5 Å². The highest BCUT2D eigenvalue weighted by Gasteiger charge is 2.25. The maximum atomic E-state index is 12.1. The summed E-state index contributed by atoms with van der Waals surface area (Å²) >= 11 is 0.878. The van der Waals surface area contributed by atoms with Crippen LogP contribution in [0, 0.1) is 0 Å². The van der Waals surface area contributed by atoms with Gasteiger partial charge < -0.3 is 9.30 Å². The molecule has 10 heteroatoms. The van der Waals surface area contributed by atoms with Crippen LogP contribution in [0.25, 0.3) is 0 Å². The van der Waals surface area contributed by atoms with E-state index in [1.54, 1.807) is 18.7 Å². The van der Waals surface area contributed by atoms with Crippen molar-refractivity contribution in [1.29, 1.82) is 0 Å². The third kappa shape index (κ3) is 3.86. The van der Waals surface area contributed by atoms with E-state index >= 15 is 0 Å². The van der Waals surface area contributed by atoms with E-state index in [0.29, 0.717) is 13.0 Å². The van der Waals surface area contributed by atoms with Crippen molar-refractivity contribution in [3.63, 3.8) is 0 Å². The fourth-order valence-corrected chi connectivity index (χ4v) is 3.86. The van der Waals surface area contributed by atoms with Crippen molar-refractivity contribution in [3.8, 4) is 0 Å². The Bertz CT molecular complexity index is 694. The maximum Gasteiger partial charge on any atom is 0.358 e. The molecule has 2 rings (SSSR count). The number of imidazole rings is 1. The van der Waals surface area contributed by atoms with Gasteiger partial charge in [0.15, 0.2) is 9.90 Å². The lowest BCUT2D eigenvalue weighted by molar-refractivity contribution is 0.0590. The van der Waals surface area contributed by atoms with Gasteiger partial charge in [0.05, 0.1) is 18.9 Å². The number of carbonyl (C=O) groups is 1. The first-order valence-electron chi connectivity index (χ1n) is 6.02. The van der Waals surface area contributed by atoms with Crippen LogP contribution in [-0.2, 0) is 21.3 Å². The largest absolute Gasteiger partial charge is 0.464 e. The van der Waals surface area contributed by atoms with E-state index in [0.717, 1.165) is 11.3 Å². The van der Waals surface area contributed by atoms with Gasteiger partial charge in [-0.15, -0.1) is 11.3 Å². The van der Waals surface area contributed by atoms with Crippen LogP contribution < -0.4 is 4.72 Å². The fraction of sp³-hybridized carbons (Fsp3) is 0.364. The molecule has 0 aliphatic heterocycles. The Morgan fingerprint density at radius 1 is 1.52 bits per heavy atom. The highest BCUT2D eigenvalue weighted by Crippen LogP contribution is 2.20. The number of ether oxygens (including phenoxy) is 1. The Morgan fingerprint density at radius 2 is 2.33 bits per heavy atom. The van der Waals surface area contributed by atoms with E-state index in [4.69, 9.17) is 0 Å². The van der Waals surface area contributed by atoms with E-state index < -0.39 is 16.0 Å². The first-order chi connectivity index (χ1) is 10.0. The van der Waals surface area contributed by atoms with Crippen LogP contribution in [0.2, 0.25) is 0 Å². The van der Waals surface area contributed by atoms with Crippen LogP contribution in [0.15, 0.2) is 28.4 Å². The molecule has 0 aliphatic rings. The van der Waals surface area contributed by atoms with Crippen molar-refractivity contribution in [2.24, 2.45) is 0 Å². The Morgan fingerprint density at radius 3 is 3.00 bits per heavy atom. The van der Waals surface area contributed by atoms with Crippen molar-refractivity contribution in [2.75, 3.05) is 13.7 Å². The van der Waals surface area contributed by atoms with Gasteiger partial charge in [-0.25, -0.2) is 27.9 Å². The minimum Gasteiger partial charge on any atom is -0.464 e. The maximum absolute atomic E-state index is 12.1. The smallest absolute Gasteiger partial charge is 0.358 e. The molecule has 0 aliphatic carbocycles. The van der Waals surface area contributed by atoms with Crippen LogP contribution in [-0.4, -0.2) is 42.6 Å². The summed E-state index contributed by atoms with van der Waals surface area (Å²) in [5, 5.41) is 0. The van der Waals surface area contributed by atoms with Crippen LogP contribution >= 0.6 is 11.3 Å². The van der Waals surface area contributed by atoms with Gasteiger partial charge in [0.25, 0.3) is 10.0 Å². The van der Waals surface area contributed by atoms with E-state index in [9.17, 15) is 13.2 Å². The van der Waals surface area contributed by atoms with E-state index in [1.807, 2.05) is 4.57 Å². The lowest BCUT2D eigenvalue weighted by Crippen LogP contribution is -2.26. The molecule has 0 spiro atoms. The van der Waals surface area contributed by atoms with Crippen molar-refractivity contribution < 1.29 is 17.9 Å². The number of hydrogen-bond acceptors (Lipinski definition) is 7. The SMILES string of the molecule is COC(=O)c1ncsc1S(=O)(=O)NCCCn1ccnc1. The second-order valence-corrected chi connectivity index (χ2v) is 6.85. The Balaban J connectivity index is 1.95. The van der Waals surface area contributed by atoms with Crippen molar-refractivity contribution in [1.82, 2.24) is 19.3 Å². The first-order valence-corrected chi connectivity index (χ1v) is 8.38. The van der Waals surface area contributed by atoms with Gasteiger partial charge in [-0.1, -0.05) is 0 Å². The number of methoxy groups -OCH3 is 1. The third-order valence-electron chi connectivity index (χ3n) is 2.60. The van der Waals surface area contributed by atoms with Gasteiger partial charge in [0.2, 0.25) is 0 Å². The minimum absolute atomic E-state index is 0.128. The van der Waals surface area contributed by atoms with Crippen molar-refractivity contribution in [2.45, 2.75) is 17.2 Å². The molecule has 2 aromatic heterocycles. The second kappa shape index (κ2) is 6.78. The Kier molecular flexibility index (Phi) is 5.04. The van der Waals surface area contributed by atoms with Crippen molar-refractivity contribution in [3.05, 3.63) is 29.9 Å². The molecule has 0 unspecified atom stereocenters.